The number of hydrogen-bond acceptors (Lipinski definition) is 3. The molecule has 0 bridgehead atoms. The van der Waals surface area contributed by atoms with Gasteiger partial charge in [0.15, 0.2) is 11.5 Å². The smallest absolute Gasteiger partial charge is 0.175 e. The highest BCUT2D eigenvalue weighted by molar-refractivity contribution is 9.10. The van der Waals surface area contributed by atoms with Gasteiger partial charge in [0.25, 0.3) is 0 Å². The van der Waals surface area contributed by atoms with Gasteiger partial charge in [-0.25, -0.2) is 4.39 Å². The normalized spacial score (nSPS) is 12.3. The monoisotopic (exact) mass is 333 g/mol. The molecule has 0 radical (unpaired) electrons. The van der Waals surface area contributed by atoms with Crippen LogP contribution in [0.2, 0.25) is 0 Å². The maximum absolute atomic E-state index is 12.2. The number of alkyl halides is 1. The van der Waals surface area contributed by atoms with Crippen LogP contribution in [0.15, 0.2) is 16.6 Å². The third-order valence-corrected chi connectivity index (χ3v) is 3.30. The SMILES string of the molecule is CCOc1cc(CC(N)CC)cc(Br)c1OCCF. The fourth-order valence-electron chi connectivity index (χ4n) is 1.73. The van der Waals surface area contributed by atoms with Gasteiger partial charge in [-0.3, -0.25) is 0 Å². The van der Waals surface area contributed by atoms with Gasteiger partial charge in [-0.2, -0.15) is 0 Å². The van der Waals surface area contributed by atoms with E-state index in [0.717, 1.165) is 22.9 Å². The summed E-state index contributed by atoms with van der Waals surface area (Å²) in [5.74, 6) is 1.18. The van der Waals surface area contributed by atoms with E-state index < -0.39 is 6.67 Å². The van der Waals surface area contributed by atoms with Crippen molar-refractivity contribution < 1.29 is 13.9 Å². The quantitative estimate of drug-likeness (QED) is 0.792. The Morgan fingerprint density at radius 1 is 1.32 bits per heavy atom. The molecule has 3 nitrogen and oxygen atoms in total. The average molecular weight is 334 g/mol. The van der Waals surface area contributed by atoms with Crippen LogP contribution in [-0.4, -0.2) is 25.9 Å². The van der Waals surface area contributed by atoms with Crippen LogP contribution < -0.4 is 15.2 Å². The van der Waals surface area contributed by atoms with Gasteiger partial charge in [0.1, 0.15) is 13.3 Å². The maximum atomic E-state index is 12.2. The minimum absolute atomic E-state index is 0.0203. The van der Waals surface area contributed by atoms with E-state index in [0.29, 0.717) is 18.1 Å². The second-order valence-electron chi connectivity index (χ2n) is 4.25. The third kappa shape index (κ3) is 4.99. The zero-order valence-electron chi connectivity index (χ0n) is 11.4. The molecule has 0 amide bonds. The summed E-state index contributed by atoms with van der Waals surface area (Å²) in [6, 6.07) is 3.99. The molecule has 0 aliphatic carbocycles. The van der Waals surface area contributed by atoms with Gasteiger partial charge in [-0.15, -0.1) is 0 Å². The van der Waals surface area contributed by atoms with Gasteiger partial charge in [0.2, 0.25) is 0 Å². The van der Waals surface area contributed by atoms with Gasteiger partial charge >= 0.3 is 0 Å². The topological polar surface area (TPSA) is 44.5 Å². The predicted molar refractivity (Wildman–Crippen MR) is 78.8 cm³/mol. The van der Waals surface area contributed by atoms with E-state index in [1.54, 1.807) is 0 Å². The molecule has 0 heterocycles. The molecule has 108 valence electrons. The highest BCUT2D eigenvalue weighted by Crippen LogP contribution is 2.37. The molecule has 0 saturated heterocycles. The first-order valence-corrected chi connectivity index (χ1v) is 7.31. The highest BCUT2D eigenvalue weighted by Gasteiger charge is 2.13. The number of benzene rings is 1. The van der Waals surface area contributed by atoms with Gasteiger partial charge in [-0.1, -0.05) is 6.92 Å². The van der Waals surface area contributed by atoms with Crippen LogP contribution in [-0.2, 0) is 6.42 Å². The van der Waals surface area contributed by atoms with Crippen molar-refractivity contribution in [2.45, 2.75) is 32.7 Å². The fraction of sp³-hybridized carbons (Fsp3) is 0.571. The maximum Gasteiger partial charge on any atom is 0.175 e. The van der Waals surface area contributed by atoms with E-state index in [2.05, 4.69) is 22.9 Å². The third-order valence-electron chi connectivity index (χ3n) is 2.71. The Bertz CT molecular complexity index is 401. The summed E-state index contributed by atoms with van der Waals surface area (Å²) in [6.07, 6.45) is 1.69. The average Bonchev–Trinajstić information content (AvgIpc) is 2.38. The minimum Gasteiger partial charge on any atom is -0.490 e. The van der Waals surface area contributed by atoms with E-state index in [-0.39, 0.29) is 12.6 Å². The Labute approximate surface area is 122 Å². The van der Waals surface area contributed by atoms with Gasteiger partial charge < -0.3 is 15.2 Å². The standard InChI is InChI=1S/C14H21BrFNO2/c1-3-11(17)7-10-8-12(15)14(19-6-5-16)13(9-10)18-4-2/h8-9,11H,3-7,17H2,1-2H3. The summed E-state index contributed by atoms with van der Waals surface area (Å²) in [4.78, 5) is 0. The van der Waals surface area contributed by atoms with E-state index in [1.165, 1.54) is 0 Å². The molecular formula is C14H21BrFNO2. The van der Waals surface area contributed by atoms with Crippen LogP contribution in [0, 0.1) is 0 Å². The molecule has 0 aliphatic rings. The number of halogens is 2. The first-order chi connectivity index (χ1) is 9.12. The molecule has 1 rings (SSSR count). The van der Waals surface area contributed by atoms with Crippen LogP contribution in [0.25, 0.3) is 0 Å². The van der Waals surface area contributed by atoms with Crippen molar-refractivity contribution in [3.8, 4) is 11.5 Å². The molecule has 1 aromatic rings. The molecule has 0 aliphatic heterocycles. The number of ether oxygens (including phenoxy) is 2. The minimum atomic E-state index is -0.527. The van der Waals surface area contributed by atoms with Crippen LogP contribution in [0.4, 0.5) is 4.39 Å². The highest BCUT2D eigenvalue weighted by atomic mass is 79.9. The molecule has 19 heavy (non-hydrogen) atoms. The van der Waals surface area contributed by atoms with Crippen LogP contribution in [0.1, 0.15) is 25.8 Å². The van der Waals surface area contributed by atoms with E-state index in [9.17, 15) is 4.39 Å². The lowest BCUT2D eigenvalue weighted by molar-refractivity contribution is 0.250. The number of rotatable bonds is 8. The van der Waals surface area contributed by atoms with Crippen molar-refractivity contribution in [3.63, 3.8) is 0 Å². The first kappa shape index (κ1) is 16.2. The Hall–Kier alpha value is -0.810. The molecule has 1 aromatic carbocycles. The molecule has 0 fully saturated rings. The van der Waals surface area contributed by atoms with E-state index >= 15 is 0 Å². The summed E-state index contributed by atoms with van der Waals surface area (Å²) in [5, 5.41) is 0. The van der Waals surface area contributed by atoms with Crippen LogP contribution >= 0.6 is 15.9 Å². The molecule has 5 heteroatoms. The zero-order chi connectivity index (χ0) is 14.3. The summed E-state index contributed by atoms with van der Waals surface area (Å²) in [6.45, 7) is 3.98. The second kappa shape index (κ2) is 8.38. The predicted octanol–water partition coefficient (Wildman–Crippen LogP) is 3.48. The number of hydrogen-bond donors (Lipinski definition) is 1. The Morgan fingerprint density at radius 2 is 2.05 bits per heavy atom. The van der Waals surface area contributed by atoms with Crippen molar-refractivity contribution in [2.24, 2.45) is 5.73 Å². The summed E-state index contributed by atoms with van der Waals surface area (Å²) in [5.41, 5.74) is 7.04. The van der Waals surface area contributed by atoms with Crippen LogP contribution in [0.3, 0.4) is 0 Å². The molecule has 0 saturated carbocycles. The lowest BCUT2D eigenvalue weighted by Crippen LogP contribution is -2.21. The molecule has 0 aromatic heterocycles. The van der Waals surface area contributed by atoms with Crippen molar-refractivity contribution in [3.05, 3.63) is 22.2 Å². The molecule has 0 spiro atoms. The van der Waals surface area contributed by atoms with Crippen LogP contribution in [0.5, 0.6) is 11.5 Å². The second-order valence-corrected chi connectivity index (χ2v) is 5.10. The largest absolute Gasteiger partial charge is 0.490 e. The number of nitrogens with two attached hydrogens (primary N) is 1. The lowest BCUT2D eigenvalue weighted by Gasteiger charge is -2.16. The summed E-state index contributed by atoms with van der Waals surface area (Å²) < 4.78 is 23.9. The summed E-state index contributed by atoms with van der Waals surface area (Å²) >= 11 is 3.44. The Kier molecular flexibility index (Phi) is 7.16. The molecule has 1 unspecified atom stereocenters. The van der Waals surface area contributed by atoms with Crippen molar-refractivity contribution >= 4 is 15.9 Å². The van der Waals surface area contributed by atoms with Gasteiger partial charge in [-0.05, 0) is 53.4 Å². The Morgan fingerprint density at radius 3 is 2.63 bits per heavy atom. The molecular weight excluding hydrogens is 313 g/mol. The van der Waals surface area contributed by atoms with Gasteiger partial charge in [0, 0.05) is 6.04 Å². The molecule has 2 N–H and O–H groups in total. The van der Waals surface area contributed by atoms with Crippen molar-refractivity contribution in [1.82, 2.24) is 0 Å². The van der Waals surface area contributed by atoms with Crippen molar-refractivity contribution in [2.75, 3.05) is 19.9 Å². The van der Waals surface area contributed by atoms with E-state index in [4.69, 9.17) is 15.2 Å². The van der Waals surface area contributed by atoms with Crippen molar-refractivity contribution in [1.29, 1.82) is 0 Å². The van der Waals surface area contributed by atoms with Gasteiger partial charge in [0.05, 0.1) is 11.1 Å². The Balaban J connectivity index is 2.98. The lowest BCUT2D eigenvalue weighted by atomic mass is 10.0. The summed E-state index contributed by atoms with van der Waals surface area (Å²) in [7, 11) is 0. The fourth-order valence-corrected chi connectivity index (χ4v) is 2.33. The first-order valence-electron chi connectivity index (χ1n) is 6.51. The zero-order valence-corrected chi connectivity index (χ0v) is 13.0. The molecule has 1 atom stereocenters. The van der Waals surface area contributed by atoms with E-state index in [1.807, 2.05) is 19.1 Å².